The second kappa shape index (κ2) is 5.94. The van der Waals surface area contributed by atoms with Gasteiger partial charge in [-0.05, 0) is 30.3 Å². The van der Waals surface area contributed by atoms with E-state index in [0.29, 0.717) is 0 Å². The maximum Gasteiger partial charge on any atom is 0.0930 e. The number of aromatic nitrogens is 2. The highest BCUT2D eigenvalue weighted by Gasteiger charge is 2.10. The lowest BCUT2D eigenvalue weighted by Gasteiger charge is -2.04. The molecule has 0 aliphatic heterocycles. The van der Waals surface area contributed by atoms with Crippen molar-refractivity contribution in [3.05, 3.63) is 70.8 Å². The summed E-state index contributed by atoms with van der Waals surface area (Å²) in [6.45, 7) is 0. The topological polar surface area (TPSA) is 17.8 Å². The van der Waals surface area contributed by atoms with Crippen LogP contribution in [0.2, 0.25) is 0 Å². The summed E-state index contributed by atoms with van der Waals surface area (Å²) in [4.78, 5) is 0. The fraction of sp³-hybridized carbons (Fsp3) is 0.0625. The van der Waals surface area contributed by atoms with Gasteiger partial charge in [0.15, 0.2) is 0 Å². The Morgan fingerprint density at radius 3 is 2.30 bits per heavy atom. The fourth-order valence-electron chi connectivity index (χ4n) is 2.07. The van der Waals surface area contributed by atoms with Gasteiger partial charge in [0.2, 0.25) is 0 Å². The van der Waals surface area contributed by atoms with Crippen molar-refractivity contribution < 1.29 is 0 Å². The van der Waals surface area contributed by atoms with Crippen LogP contribution < -0.4 is 0 Å². The van der Waals surface area contributed by atoms with Crippen LogP contribution in [0.4, 0.5) is 0 Å². The molecule has 0 fully saturated rings. The average molecular weight is 392 g/mol. The van der Waals surface area contributed by atoms with Gasteiger partial charge in [-0.2, -0.15) is 5.10 Å². The Morgan fingerprint density at radius 2 is 1.65 bits per heavy atom. The highest BCUT2D eigenvalue weighted by molar-refractivity contribution is 9.10. The molecule has 0 N–H and O–H groups in total. The Balaban J connectivity index is 2.07. The first kappa shape index (κ1) is 13.6. The number of benzene rings is 2. The molecule has 1 aromatic heterocycles. The number of nitrogens with zero attached hydrogens (tertiary/aromatic N) is 2. The Hall–Kier alpha value is -1.39. The van der Waals surface area contributed by atoms with Gasteiger partial charge in [-0.1, -0.05) is 62.2 Å². The van der Waals surface area contributed by atoms with Gasteiger partial charge in [-0.3, -0.25) is 0 Å². The van der Waals surface area contributed by atoms with Gasteiger partial charge in [0, 0.05) is 15.4 Å². The quantitative estimate of drug-likeness (QED) is 0.561. The van der Waals surface area contributed by atoms with E-state index in [1.54, 1.807) is 0 Å². The van der Waals surface area contributed by atoms with E-state index < -0.39 is 0 Å². The summed E-state index contributed by atoms with van der Waals surface area (Å²) in [7, 11) is 0. The summed E-state index contributed by atoms with van der Waals surface area (Å²) in [5.74, 6) is 0. The van der Waals surface area contributed by atoms with Crippen molar-refractivity contribution in [2.45, 2.75) is 5.33 Å². The predicted molar refractivity (Wildman–Crippen MR) is 89.3 cm³/mol. The van der Waals surface area contributed by atoms with E-state index in [2.05, 4.69) is 62.2 Å². The highest BCUT2D eigenvalue weighted by atomic mass is 79.9. The third-order valence-corrected chi connectivity index (χ3v) is 4.16. The van der Waals surface area contributed by atoms with Crippen LogP contribution in [0.5, 0.6) is 0 Å². The molecule has 4 heteroatoms. The fourth-order valence-corrected chi connectivity index (χ4v) is 2.73. The van der Waals surface area contributed by atoms with Crippen molar-refractivity contribution in [2.75, 3.05) is 0 Å². The monoisotopic (exact) mass is 390 g/mol. The van der Waals surface area contributed by atoms with Crippen LogP contribution >= 0.6 is 31.9 Å². The lowest BCUT2D eigenvalue weighted by molar-refractivity contribution is 0.846. The third kappa shape index (κ3) is 2.72. The van der Waals surface area contributed by atoms with Crippen molar-refractivity contribution >= 4 is 31.9 Å². The van der Waals surface area contributed by atoms with Crippen molar-refractivity contribution in [1.29, 1.82) is 0 Å². The van der Waals surface area contributed by atoms with E-state index in [9.17, 15) is 0 Å². The van der Waals surface area contributed by atoms with Crippen molar-refractivity contribution in [3.63, 3.8) is 0 Å². The second-order valence-corrected chi connectivity index (χ2v) is 5.89. The molecule has 2 nitrogen and oxygen atoms in total. The van der Waals surface area contributed by atoms with Gasteiger partial charge in [0.1, 0.15) is 0 Å². The smallest absolute Gasteiger partial charge is 0.0930 e. The van der Waals surface area contributed by atoms with Crippen LogP contribution in [-0.4, -0.2) is 9.78 Å². The van der Waals surface area contributed by atoms with Gasteiger partial charge >= 0.3 is 0 Å². The van der Waals surface area contributed by atoms with Gasteiger partial charge in [0.05, 0.1) is 17.1 Å². The van der Waals surface area contributed by atoms with Crippen LogP contribution in [0.25, 0.3) is 16.9 Å². The SMILES string of the molecule is BrCc1cc(-c2ccc(Br)cc2)nn1-c1ccccc1. The number of para-hydroxylation sites is 1. The first-order valence-corrected chi connectivity index (χ1v) is 8.15. The minimum atomic E-state index is 0.769. The van der Waals surface area contributed by atoms with Crippen molar-refractivity contribution in [1.82, 2.24) is 9.78 Å². The summed E-state index contributed by atoms with van der Waals surface area (Å²) in [6, 6.07) is 20.5. The summed E-state index contributed by atoms with van der Waals surface area (Å²) in [5.41, 5.74) is 4.31. The number of hydrogen-bond donors (Lipinski definition) is 0. The predicted octanol–water partition coefficient (Wildman–Crippen LogP) is 5.20. The zero-order chi connectivity index (χ0) is 13.9. The molecule has 0 saturated heterocycles. The zero-order valence-electron chi connectivity index (χ0n) is 10.6. The van der Waals surface area contributed by atoms with Crippen molar-refractivity contribution in [2.24, 2.45) is 0 Å². The van der Waals surface area contributed by atoms with E-state index in [1.165, 1.54) is 0 Å². The van der Waals surface area contributed by atoms with E-state index in [0.717, 1.165) is 32.4 Å². The number of halogens is 2. The normalized spacial score (nSPS) is 10.7. The molecule has 2 aromatic carbocycles. The molecule has 0 aliphatic rings. The van der Waals surface area contributed by atoms with Gasteiger partial charge < -0.3 is 0 Å². The minimum absolute atomic E-state index is 0.769. The van der Waals surface area contributed by atoms with Crippen LogP contribution in [0.15, 0.2) is 65.1 Å². The van der Waals surface area contributed by atoms with E-state index >= 15 is 0 Å². The lowest BCUT2D eigenvalue weighted by atomic mass is 10.1. The highest BCUT2D eigenvalue weighted by Crippen LogP contribution is 2.24. The number of alkyl halides is 1. The molecular weight excluding hydrogens is 380 g/mol. The molecule has 0 amide bonds. The first-order chi connectivity index (χ1) is 9.78. The van der Waals surface area contributed by atoms with Crippen LogP contribution in [0.1, 0.15) is 5.69 Å². The molecule has 100 valence electrons. The molecular formula is C16H12Br2N2. The molecule has 0 unspecified atom stereocenters. The Kier molecular flexibility index (Phi) is 4.03. The molecule has 0 atom stereocenters. The molecule has 1 heterocycles. The molecule has 0 aliphatic carbocycles. The molecule has 0 spiro atoms. The van der Waals surface area contributed by atoms with Crippen LogP contribution in [-0.2, 0) is 5.33 Å². The summed E-state index contributed by atoms with van der Waals surface area (Å²) >= 11 is 6.99. The molecule has 0 saturated carbocycles. The lowest BCUT2D eigenvalue weighted by Crippen LogP contribution is -1.99. The Labute approximate surface area is 134 Å². The minimum Gasteiger partial charge on any atom is -0.236 e. The molecule has 3 aromatic rings. The van der Waals surface area contributed by atoms with Crippen LogP contribution in [0, 0.1) is 0 Å². The maximum absolute atomic E-state index is 4.72. The second-order valence-electron chi connectivity index (χ2n) is 4.41. The largest absolute Gasteiger partial charge is 0.236 e. The average Bonchev–Trinajstić information content (AvgIpc) is 2.93. The summed E-state index contributed by atoms with van der Waals surface area (Å²) < 4.78 is 3.05. The van der Waals surface area contributed by atoms with Crippen LogP contribution in [0.3, 0.4) is 0 Å². The van der Waals surface area contributed by atoms with Gasteiger partial charge in [0.25, 0.3) is 0 Å². The molecule has 3 rings (SSSR count). The van der Waals surface area contributed by atoms with E-state index in [1.807, 2.05) is 35.0 Å². The summed E-state index contributed by atoms with van der Waals surface area (Å²) in [6.07, 6.45) is 0. The van der Waals surface area contributed by atoms with Gasteiger partial charge in [-0.25, -0.2) is 4.68 Å². The summed E-state index contributed by atoms with van der Waals surface area (Å²) in [5, 5.41) is 5.49. The molecule has 0 radical (unpaired) electrons. The standard InChI is InChI=1S/C16H12Br2N2/c17-11-15-10-16(12-6-8-13(18)9-7-12)19-20(15)14-4-2-1-3-5-14/h1-10H,11H2. The number of rotatable bonds is 3. The Morgan fingerprint density at radius 1 is 0.950 bits per heavy atom. The third-order valence-electron chi connectivity index (χ3n) is 3.06. The van der Waals surface area contributed by atoms with Crippen molar-refractivity contribution in [3.8, 4) is 16.9 Å². The van der Waals surface area contributed by atoms with E-state index in [4.69, 9.17) is 5.10 Å². The van der Waals surface area contributed by atoms with E-state index in [-0.39, 0.29) is 0 Å². The number of hydrogen-bond acceptors (Lipinski definition) is 1. The van der Waals surface area contributed by atoms with Gasteiger partial charge in [-0.15, -0.1) is 0 Å². The zero-order valence-corrected chi connectivity index (χ0v) is 13.8. The molecule has 0 bridgehead atoms. The maximum atomic E-state index is 4.72. The Bertz CT molecular complexity index is 703. The molecule has 20 heavy (non-hydrogen) atoms. The first-order valence-electron chi connectivity index (χ1n) is 6.24.